The minimum Gasteiger partial charge on any atom is -0.215 e. The van der Waals surface area contributed by atoms with Gasteiger partial charge in [-0.15, -0.1) is 12.6 Å². The zero-order valence-electron chi connectivity index (χ0n) is 4.72. The van der Waals surface area contributed by atoms with Crippen molar-refractivity contribution in [1.29, 1.82) is 0 Å². The maximum atomic E-state index is 4.37. The largest absolute Gasteiger partial charge is 0.215 e. The van der Waals surface area contributed by atoms with Crippen molar-refractivity contribution in [2.75, 3.05) is 0 Å². The standard InChI is InChI=1S/C5H8NS2/c1-3-5(2,8)6-4-7/h8H,1,3H2,2H3. The normalized spacial score (nSPS) is 16.4. The summed E-state index contributed by atoms with van der Waals surface area (Å²) in [6, 6.07) is 0. The predicted octanol–water partition coefficient (Wildman–Crippen LogP) is 1.96. The quantitative estimate of drug-likeness (QED) is 0.357. The molecule has 1 nitrogen and oxygen atoms in total. The molecule has 0 bridgehead atoms. The second-order valence-electron chi connectivity index (χ2n) is 1.67. The van der Waals surface area contributed by atoms with E-state index in [9.17, 15) is 0 Å². The fraction of sp³-hybridized carbons (Fsp3) is 0.600. The van der Waals surface area contributed by atoms with Crippen molar-refractivity contribution in [2.45, 2.75) is 18.2 Å². The second kappa shape index (κ2) is 3.23. The molecule has 0 amide bonds. The van der Waals surface area contributed by atoms with Crippen molar-refractivity contribution < 1.29 is 0 Å². The van der Waals surface area contributed by atoms with E-state index in [1.807, 2.05) is 6.92 Å². The lowest BCUT2D eigenvalue weighted by Gasteiger charge is -2.11. The Balaban J connectivity index is 3.90. The van der Waals surface area contributed by atoms with Gasteiger partial charge < -0.3 is 0 Å². The topological polar surface area (TPSA) is 12.4 Å². The summed E-state index contributed by atoms with van der Waals surface area (Å²) in [5.74, 6) is 0. The molecule has 0 aromatic rings. The first-order chi connectivity index (χ1) is 3.62. The maximum absolute atomic E-state index is 4.37. The molecule has 3 heteroatoms. The van der Waals surface area contributed by atoms with Crippen molar-refractivity contribution >= 4 is 30.0 Å². The fourth-order valence-electron chi connectivity index (χ4n) is 0.154. The van der Waals surface area contributed by atoms with Crippen molar-refractivity contribution in [3.05, 3.63) is 6.92 Å². The summed E-state index contributed by atoms with van der Waals surface area (Å²) in [6.45, 7) is 5.46. The average molecular weight is 146 g/mol. The first-order valence-electron chi connectivity index (χ1n) is 2.23. The number of aliphatic imine (C=N–C) groups is 1. The molecular formula is C5H8NS2. The molecule has 1 atom stereocenters. The van der Waals surface area contributed by atoms with Crippen LogP contribution < -0.4 is 0 Å². The van der Waals surface area contributed by atoms with E-state index >= 15 is 0 Å². The number of hydrogen-bond acceptors (Lipinski definition) is 3. The van der Waals surface area contributed by atoms with Crippen LogP contribution in [0.3, 0.4) is 0 Å². The summed E-state index contributed by atoms with van der Waals surface area (Å²) < 4.78 is 0. The van der Waals surface area contributed by atoms with E-state index in [-0.39, 0.29) is 0 Å². The molecule has 0 saturated heterocycles. The Bertz CT molecular complexity index is 114. The third-order valence-electron chi connectivity index (χ3n) is 0.760. The second-order valence-corrected chi connectivity index (χ2v) is 2.82. The third-order valence-corrected chi connectivity index (χ3v) is 1.18. The minimum atomic E-state index is -0.415. The van der Waals surface area contributed by atoms with Gasteiger partial charge in [-0.25, -0.2) is 4.99 Å². The van der Waals surface area contributed by atoms with Crippen LogP contribution in [-0.2, 0) is 0 Å². The fourth-order valence-corrected chi connectivity index (χ4v) is 0.473. The smallest absolute Gasteiger partial charge is 0.110 e. The van der Waals surface area contributed by atoms with Crippen LogP contribution in [-0.4, -0.2) is 10.0 Å². The van der Waals surface area contributed by atoms with Gasteiger partial charge in [-0.05, 0) is 25.6 Å². The predicted molar refractivity (Wildman–Crippen MR) is 42.4 cm³/mol. The summed E-state index contributed by atoms with van der Waals surface area (Å²) >= 11 is 8.48. The van der Waals surface area contributed by atoms with Crippen LogP contribution in [0.5, 0.6) is 0 Å². The van der Waals surface area contributed by atoms with Crippen LogP contribution in [0.4, 0.5) is 0 Å². The van der Waals surface area contributed by atoms with Gasteiger partial charge in [0.05, 0.1) is 5.16 Å². The molecule has 0 aliphatic carbocycles. The molecule has 45 valence electrons. The first-order valence-corrected chi connectivity index (χ1v) is 3.08. The van der Waals surface area contributed by atoms with Crippen molar-refractivity contribution in [1.82, 2.24) is 0 Å². The highest BCUT2D eigenvalue weighted by Gasteiger charge is 2.11. The number of thiol groups is 1. The summed E-state index contributed by atoms with van der Waals surface area (Å²) in [7, 11) is 0. The molecule has 0 aliphatic rings. The van der Waals surface area contributed by atoms with E-state index in [0.29, 0.717) is 6.42 Å². The van der Waals surface area contributed by atoms with E-state index in [1.54, 1.807) is 0 Å². The molecule has 0 aromatic heterocycles. The Labute approximate surface area is 60.6 Å². The van der Waals surface area contributed by atoms with Crippen LogP contribution in [0.25, 0.3) is 0 Å². The number of rotatable bonds is 2. The molecule has 0 N–H and O–H groups in total. The number of hydrogen-bond donors (Lipinski definition) is 1. The van der Waals surface area contributed by atoms with E-state index < -0.39 is 4.87 Å². The average Bonchev–Trinajstić information content (AvgIpc) is 1.67. The Morgan fingerprint density at radius 3 is 2.62 bits per heavy atom. The maximum Gasteiger partial charge on any atom is 0.110 e. The van der Waals surface area contributed by atoms with Crippen LogP contribution in [0, 0.1) is 6.92 Å². The van der Waals surface area contributed by atoms with Crippen LogP contribution in [0.1, 0.15) is 13.3 Å². The zero-order chi connectivity index (χ0) is 6.62. The number of thiocarbonyl (C=S) groups is 1. The van der Waals surface area contributed by atoms with E-state index in [0.717, 1.165) is 0 Å². The van der Waals surface area contributed by atoms with Gasteiger partial charge in [-0.3, -0.25) is 0 Å². The lowest BCUT2D eigenvalue weighted by molar-refractivity contribution is 0.702. The highest BCUT2D eigenvalue weighted by Crippen LogP contribution is 2.17. The molecule has 1 unspecified atom stereocenters. The summed E-state index contributed by atoms with van der Waals surface area (Å²) in [4.78, 5) is 3.33. The van der Waals surface area contributed by atoms with Gasteiger partial charge >= 0.3 is 0 Å². The highest BCUT2D eigenvalue weighted by molar-refractivity contribution is 7.82. The van der Waals surface area contributed by atoms with Gasteiger partial charge in [-0.1, -0.05) is 6.92 Å². The molecule has 0 rings (SSSR count). The van der Waals surface area contributed by atoms with Gasteiger partial charge in [-0.2, -0.15) is 0 Å². The Morgan fingerprint density at radius 2 is 2.50 bits per heavy atom. The van der Waals surface area contributed by atoms with Crippen LogP contribution >= 0.6 is 24.8 Å². The molecule has 0 fully saturated rings. The molecule has 1 radical (unpaired) electrons. The third kappa shape index (κ3) is 3.19. The molecule has 0 aliphatic heterocycles. The van der Waals surface area contributed by atoms with E-state index in [1.165, 1.54) is 0 Å². The van der Waals surface area contributed by atoms with Gasteiger partial charge in [0.2, 0.25) is 0 Å². The Kier molecular flexibility index (Phi) is 3.29. The molecule has 0 saturated carbocycles. The van der Waals surface area contributed by atoms with Crippen LogP contribution in [0.15, 0.2) is 4.99 Å². The lowest BCUT2D eigenvalue weighted by Crippen LogP contribution is -2.09. The zero-order valence-corrected chi connectivity index (χ0v) is 6.43. The molecular weight excluding hydrogens is 138 g/mol. The Morgan fingerprint density at radius 1 is 2.00 bits per heavy atom. The molecule has 8 heavy (non-hydrogen) atoms. The van der Waals surface area contributed by atoms with E-state index in [4.69, 9.17) is 0 Å². The minimum absolute atomic E-state index is 0.415. The molecule has 0 heterocycles. The highest BCUT2D eigenvalue weighted by atomic mass is 32.1. The Hall–Kier alpha value is 0.150. The monoisotopic (exact) mass is 146 g/mol. The number of nitrogens with zero attached hydrogens (tertiary/aromatic N) is 1. The lowest BCUT2D eigenvalue weighted by atomic mass is 10.3. The van der Waals surface area contributed by atoms with Crippen molar-refractivity contribution in [3.63, 3.8) is 0 Å². The van der Waals surface area contributed by atoms with E-state index in [2.05, 4.69) is 41.9 Å². The molecule has 0 aromatic carbocycles. The summed E-state index contributed by atoms with van der Waals surface area (Å²) in [6.07, 6.45) is 0.625. The number of isothiocyanates is 1. The molecule has 0 spiro atoms. The van der Waals surface area contributed by atoms with Crippen molar-refractivity contribution in [2.24, 2.45) is 4.99 Å². The van der Waals surface area contributed by atoms with Gasteiger partial charge in [0.1, 0.15) is 4.87 Å². The first kappa shape index (κ1) is 8.15. The van der Waals surface area contributed by atoms with Crippen LogP contribution in [0.2, 0.25) is 0 Å². The van der Waals surface area contributed by atoms with Gasteiger partial charge in [0.15, 0.2) is 0 Å². The van der Waals surface area contributed by atoms with Gasteiger partial charge in [0, 0.05) is 0 Å². The summed E-state index contributed by atoms with van der Waals surface area (Å²) in [5.41, 5.74) is 0. The van der Waals surface area contributed by atoms with Crippen molar-refractivity contribution in [3.8, 4) is 0 Å². The SMILES string of the molecule is [CH2]CC(C)(S)N=C=S. The van der Waals surface area contributed by atoms with Gasteiger partial charge in [0.25, 0.3) is 0 Å². The summed E-state index contributed by atoms with van der Waals surface area (Å²) in [5, 5.41) is 2.25.